The smallest absolute Gasteiger partial charge is 0.272 e. The number of nitrogens with one attached hydrogen (secondary N) is 2. The van der Waals surface area contributed by atoms with Crippen LogP contribution in [0.15, 0.2) is 48.5 Å². The predicted octanol–water partition coefficient (Wildman–Crippen LogP) is 4.00. The first-order valence-electron chi connectivity index (χ1n) is 19.7. The summed E-state index contributed by atoms with van der Waals surface area (Å²) in [5.74, 6) is -0.0448. The highest BCUT2D eigenvalue weighted by atomic mass is 35.5. The van der Waals surface area contributed by atoms with Crippen molar-refractivity contribution in [2.75, 3.05) is 55.6 Å². The number of benzene rings is 2. The number of hydrogen-bond donors (Lipinski definition) is 2. The molecule has 4 fully saturated rings. The van der Waals surface area contributed by atoms with Crippen LogP contribution >= 0.6 is 11.6 Å². The monoisotopic (exact) mass is 782 g/mol. The average Bonchev–Trinajstić information content (AvgIpc) is 3.45. The van der Waals surface area contributed by atoms with Crippen LogP contribution in [0.2, 0.25) is 5.02 Å². The second-order valence-corrected chi connectivity index (χ2v) is 16.1. The highest BCUT2D eigenvalue weighted by molar-refractivity contribution is 6.31. The fraction of sp³-hybridized carbons (Fsp3) is 0.488. The number of nitrogens with zero attached hydrogens (tertiary/aromatic N) is 6. The third-order valence-electron chi connectivity index (χ3n) is 12.0. The van der Waals surface area contributed by atoms with Gasteiger partial charge in [0.2, 0.25) is 11.8 Å². The Kier molecular flexibility index (Phi) is 10.9. The molecular formula is C41H47ClN8O6. The molecule has 1 aliphatic carbocycles. The van der Waals surface area contributed by atoms with E-state index in [1.54, 1.807) is 18.2 Å². The first-order chi connectivity index (χ1) is 27.1. The number of ether oxygens (including phenoxy) is 1. The Morgan fingerprint density at radius 1 is 0.821 bits per heavy atom. The Hall–Kier alpha value is -5.08. The van der Waals surface area contributed by atoms with E-state index in [9.17, 15) is 24.0 Å². The number of fused-ring (bicyclic) bond motifs is 1. The number of aryl methyl sites for hydroxylation is 1. The fourth-order valence-corrected chi connectivity index (χ4v) is 8.76. The summed E-state index contributed by atoms with van der Waals surface area (Å²) in [4.78, 5) is 71.4. The lowest BCUT2D eigenvalue weighted by atomic mass is 9.93. The number of amides is 5. The van der Waals surface area contributed by atoms with Crippen LogP contribution in [-0.2, 0) is 9.59 Å². The Labute approximate surface area is 330 Å². The van der Waals surface area contributed by atoms with Crippen molar-refractivity contribution in [3.05, 3.63) is 75.9 Å². The number of piperazine rings is 1. The van der Waals surface area contributed by atoms with Crippen molar-refractivity contribution >= 4 is 52.6 Å². The van der Waals surface area contributed by atoms with Crippen LogP contribution in [0.4, 0.5) is 11.5 Å². The lowest BCUT2D eigenvalue weighted by Crippen LogP contribution is -2.54. The average molecular weight is 783 g/mol. The van der Waals surface area contributed by atoms with Crippen molar-refractivity contribution in [3.8, 4) is 5.75 Å². The maximum absolute atomic E-state index is 13.3. The van der Waals surface area contributed by atoms with Gasteiger partial charge in [0.25, 0.3) is 17.7 Å². The zero-order chi connectivity index (χ0) is 38.9. The SMILES string of the molecule is Cc1ccc(OC2CCC(NC(=O)c3ccc(N4CCC(CN5CCN(c6ccc7c(c6)C(=O)N(C6CCC(=O)NC6=O)C7=O)CC5)CC4)nn3)CC2)cc1Cl. The number of imide groups is 2. The van der Waals surface area contributed by atoms with Crippen molar-refractivity contribution in [2.45, 2.75) is 76.5 Å². The summed E-state index contributed by atoms with van der Waals surface area (Å²) in [6.45, 7) is 8.11. The lowest BCUT2D eigenvalue weighted by molar-refractivity contribution is -0.136. The van der Waals surface area contributed by atoms with Crippen molar-refractivity contribution in [1.29, 1.82) is 0 Å². The van der Waals surface area contributed by atoms with E-state index in [1.165, 1.54) is 0 Å². The number of rotatable bonds is 9. The molecule has 1 aromatic heterocycles. The molecular weight excluding hydrogens is 736 g/mol. The fourth-order valence-electron chi connectivity index (χ4n) is 8.59. The predicted molar refractivity (Wildman–Crippen MR) is 209 cm³/mol. The number of halogens is 1. The van der Waals surface area contributed by atoms with Gasteiger partial charge in [-0.3, -0.25) is 39.1 Å². The van der Waals surface area contributed by atoms with E-state index >= 15 is 0 Å². The van der Waals surface area contributed by atoms with Crippen molar-refractivity contribution in [3.63, 3.8) is 0 Å². The van der Waals surface area contributed by atoms with E-state index in [0.717, 1.165) is 112 Å². The Morgan fingerprint density at radius 3 is 2.27 bits per heavy atom. The summed E-state index contributed by atoms with van der Waals surface area (Å²) in [5.41, 5.74) is 2.82. The molecule has 294 valence electrons. The van der Waals surface area contributed by atoms with E-state index in [0.29, 0.717) is 27.8 Å². The molecule has 3 saturated heterocycles. The first-order valence-corrected chi connectivity index (χ1v) is 20.1. The van der Waals surface area contributed by atoms with Gasteiger partial charge in [0, 0.05) is 69.0 Å². The van der Waals surface area contributed by atoms with Crippen molar-refractivity contribution in [1.82, 2.24) is 30.6 Å². The molecule has 1 saturated carbocycles. The molecule has 0 spiro atoms. The van der Waals surface area contributed by atoms with Crippen molar-refractivity contribution in [2.24, 2.45) is 5.92 Å². The van der Waals surface area contributed by atoms with Gasteiger partial charge in [0.05, 0.1) is 17.2 Å². The summed E-state index contributed by atoms with van der Waals surface area (Å²) in [7, 11) is 0. The normalized spacial score (nSPS) is 23.6. The van der Waals surface area contributed by atoms with Crippen molar-refractivity contribution < 1.29 is 28.7 Å². The maximum atomic E-state index is 13.3. The van der Waals surface area contributed by atoms with Crippen LogP contribution in [0.3, 0.4) is 0 Å². The minimum absolute atomic E-state index is 0.0732. The summed E-state index contributed by atoms with van der Waals surface area (Å²) in [6, 6.07) is 13.8. The van der Waals surface area contributed by atoms with E-state index < -0.39 is 29.7 Å². The van der Waals surface area contributed by atoms with Crippen LogP contribution in [0.1, 0.15) is 88.1 Å². The van der Waals surface area contributed by atoms with E-state index in [2.05, 4.69) is 35.5 Å². The number of aromatic nitrogens is 2. The van der Waals surface area contributed by atoms with Gasteiger partial charge in [-0.15, -0.1) is 10.2 Å². The largest absolute Gasteiger partial charge is 0.490 e. The Bertz CT molecular complexity index is 2000. The number of carbonyl (C=O) groups is 5. The number of piperidine rings is 2. The van der Waals surface area contributed by atoms with E-state index in [1.807, 2.05) is 37.3 Å². The minimum Gasteiger partial charge on any atom is -0.490 e. The topological polar surface area (TPSA) is 157 Å². The molecule has 2 aromatic carbocycles. The highest BCUT2D eigenvalue weighted by Gasteiger charge is 2.45. The molecule has 1 unspecified atom stereocenters. The molecule has 1 atom stereocenters. The van der Waals surface area contributed by atoms with Gasteiger partial charge in [-0.2, -0.15) is 0 Å². The van der Waals surface area contributed by atoms with Gasteiger partial charge in [-0.1, -0.05) is 17.7 Å². The van der Waals surface area contributed by atoms with Crippen LogP contribution < -0.4 is 25.2 Å². The molecule has 8 rings (SSSR count). The second kappa shape index (κ2) is 16.2. The molecule has 0 radical (unpaired) electrons. The maximum Gasteiger partial charge on any atom is 0.272 e. The summed E-state index contributed by atoms with van der Waals surface area (Å²) >= 11 is 6.25. The molecule has 2 N–H and O–H groups in total. The van der Waals surface area contributed by atoms with Crippen LogP contribution in [-0.4, -0.2) is 114 Å². The lowest BCUT2D eigenvalue weighted by Gasteiger charge is -2.39. The van der Waals surface area contributed by atoms with Gasteiger partial charge in [-0.25, -0.2) is 0 Å². The van der Waals surface area contributed by atoms with Crippen LogP contribution in [0.5, 0.6) is 5.75 Å². The first kappa shape index (κ1) is 37.8. The highest BCUT2D eigenvalue weighted by Crippen LogP contribution is 2.32. The van der Waals surface area contributed by atoms with Gasteiger partial charge in [0.1, 0.15) is 11.8 Å². The summed E-state index contributed by atoms with van der Waals surface area (Å²) in [5, 5.41) is 14.8. The Balaban J connectivity index is 0.755. The zero-order valence-electron chi connectivity index (χ0n) is 31.5. The third kappa shape index (κ3) is 8.08. The van der Waals surface area contributed by atoms with Gasteiger partial charge < -0.3 is 19.9 Å². The van der Waals surface area contributed by atoms with Gasteiger partial charge >= 0.3 is 0 Å². The molecule has 5 heterocycles. The number of hydrogen-bond acceptors (Lipinski definition) is 11. The summed E-state index contributed by atoms with van der Waals surface area (Å²) in [6.07, 6.45) is 5.78. The summed E-state index contributed by atoms with van der Waals surface area (Å²) < 4.78 is 6.14. The molecule has 15 heteroatoms. The molecule has 5 amide bonds. The molecule has 0 bridgehead atoms. The third-order valence-corrected chi connectivity index (χ3v) is 12.4. The standard InChI is InChI=1S/C41H47ClN8O6/c1-25-2-6-30(23-33(25)42)56-29-7-3-27(4-8-29)43-38(52)34-10-12-36(46-45-34)49-16-14-26(15-17-49)24-47-18-20-48(21-19-47)28-5-9-31-32(22-28)41(55)50(40(31)54)35-11-13-37(51)44-39(35)53/h2,5-6,9-10,12,22-23,26-27,29,35H,3-4,7-8,11,13-21,24H2,1H3,(H,43,52)(H,44,51,53). The van der Waals surface area contributed by atoms with Gasteiger partial charge in [0.15, 0.2) is 11.5 Å². The quantitative estimate of drug-likeness (QED) is 0.303. The van der Waals surface area contributed by atoms with E-state index in [4.69, 9.17) is 16.3 Å². The molecule has 56 heavy (non-hydrogen) atoms. The molecule has 4 aliphatic heterocycles. The Morgan fingerprint density at radius 2 is 1.57 bits per heavy atom. The van der Waals surface area contributed by atoms with Crippen LogP contribution in [0, 0.1) is 12.8 Å². The number of carbonyl (C=O) groups excluding carboxylic acids is 5. The van der Waals surface area contributed by atoms with Crippen LogP contribution in [0.25, 0.3) is 0 Å². The van der Waals surface area contributed by atoms with E-state index in [-0.39, 0.29) is 30.9 Å². The molecule has 3 aromatic rings. The van der Waals surface area contributed by atoms with Gasteiger partial charge in [-0.05, 0) is 106 Å². The zero-order valence-corrected chi connectivity index (χ0v) is 32.3. The minimum atomic E-state index is -0.972. The second-order valence-electron chi connectivity index (χ2n) is 15.6. The number of anilines is 2. The molecule has 14 nitrogen and oxygen atoms in total. The molecule has 5 aliphatic rings.